The minimum Gasteiger partial charge on any atom is -0.477 e. The van der Waals surface area contributed by atoms with Crippen molar-refractivity contribution in [3.63, 3.8) is 0 Å². The Bertz CT molecular complexity index is 558. The predicted molar refractivity (Wildman–Crippen MR) is 63.4 cm³/mol. The molecule has 3 N–H and O–H groups in total. The number of hydrogen-bond donors (Lipinski definition) is 2. The second-order valence-electron chi connectivity index (χ2n) is 3.41. The van der Waals surface area contributed by atoms with Gasteiger partial charge in [0, 0.05) is 0 Å². The Balaban J connectivity index is 2.43. The molecule has 5 heteroatoms. The van der Waals surface area contributed by atoms with Crippen LogP contribution in [0.15, 0.2) is 48.3 Å². The van der Waals surface area contributed by atoms with Crippen molar-refractivity contribution >= 4 is 12.0 Å². The first kappa shape index (κ1) is 10.9. The number of carbonyl (C=O) groups is 1. The molecule has 0 aliphatic carbocycles. The third-order valence-corrected chi connectivity index (χ3v) is 2.22. The Labute approximate surface area is 97.8 Å². The highest BCUT2D eigenvalue weighted by Gasteiger charge is 2.06. The fourth-order valence-electron chi connectivity index (χ4n) is 1.43. The largest absolute Gasteiger partial charge is 0.477 e. The Kier molecular flexibility index (Phi) is 2.91. The van der Waals surface area contributed by atoms with Crippen molar-refractivity contribution in [3.05, 3.63) is 54.0 Å². The van der Waals surface area contributed by atoms with Gasteiger partial charge < -0.3 is 10.8 Å². The molecule has 0 bridgehead atoms. The smallest absolute Gasteiger partial charge is 0.351 e. The number of hydrogen-bond acceptors (Lipinski definition) is 3. The molecule has 1 heterocycles. The van der Waals surface area contributed by atoms with Crippen LogP contribution in [-0.2, 0) is 4.79 Å². The lowest BCUT2D eigenvalue weighted by Gasteiger charge is -2.04. The number of carboxylic acids is 1. The van der Waals surface area contributed by atoms with Gasteiger partial charge in [-0.3, -0.25) is 0 Å². The molecule has 2 rings (SSSR count). The lowest BCUT2D eigenvalue weighted by molar-refractivity contribution is -0.132. The van der Waals surface area contributed by atoms with E-state index >= 15 is 0 Å². The van der Waals surface area contributed by atoms with Gasteiger partial charge in [0.05, 0.1) is 17.6 Å². The highest BCUT2D eigenvalue weighted by molar-refractivity contribution is 5.90. The lowest BCUT2D eigenvalue weighted by Crippen LogP contribution is -2.10. The summed E-state index contributed by atoms with van der Waals surface area (Å²) in [6.07, 6.45) is 2.97. The van der Waals surface area contributed by atoms with Crippen molar-refractivity contribution in [2.45, 2.75) is 0 Å². The molecular formula is C12H11N3O2. The van der Waals surface area contributed by atoms with E-state index in [1.54, 1.807) is 16.9 Å². The maximum Gasteiger partial charge on any atom is 0.351 e. The Morgan fingerprint density at radius 3 is 2.65 bits per heavy atom. The van der Waals surface area contributed by atoms with Crippen LogP contribution in [0.25, 0.3) is 11.8 Å². The first-order chi connectivity index (χ1) is 8.18. The average Bonchev–Trinajstić information content (AvgIpc) is 2.78. The zero-order valence-corrected chi connectivity index (χ0v) is 8.95. The maximum absolute atomic E-state index is 10.7. The summed E-state index contributed by atoms with van der Waals surface area (Å²) in [5, 5.41) is 12.8. The molecule has 1 aromatic heterocycles. The Morgan fingerprint density at radius 2 is 2.00 bits per heavy atom. The molecule has 2 aromatic rings. The third-order valence-electron chi connectivity index (χ3n) is 2.22. The van der Waals surface area contributed by atoms with E-state index in [0.29, 0.717) is 5.69 Å². The molecule has 0 atom stereocenters. The van der Waals surface area contributed by atoms with E-state index < -0.39 is 5.97 Å². The molecule has 0 saturated heterocycles. The van der Waals surface area contributed by atoms with E-state index in [4.69, 9.17) is 10.8 Å². The summed E-state index contributed by atoms with van der Waals surface area (Å²) in [7, 11) is 0. The quantitative estimate of drug-likeness (QED) is 0.776. The van der Waals surface area contributed by atoms with E-state index in [0.717, 1.165) is 5.69 Å². The number of carboxylic acid groups (broad SMARTS) is 1. The minimum atomic E-state index is -1.15. The summed E-state index contributed by atoms with van der Waals surface area (Å²) < 4.78 is 1.62. The van der Waals surface area contributed by atoms with Crippen molar-refractivity contribution in [1.82, 2.24) is 9.78 Å². The molecule has 0 radical (unpaired) electrons. The SMILES string of the molecule is N/C(=C/c1ccnn1-c1ccccc1)C(=O)O. The van der Waals surface area contributed by atoms with Crippen LogP contribution in [0.2, 0.25) is 0 Å². The molecule has 0 spiro atoms. The zero-order chi connectivity index (χ0) is 12.3. The van der Waals surface area contributed by atoms with Crippen molar-refractivity contribution < 1.29 is 9.90 Å². The molecule has 0 aliphatic rings. The van der Waals surface area contributed by atoms with E-state index in [2.05, 4.69) is 5.10 Å². The van der Waals surface area contributed by atoms with Gasteiger partial charge in [0.25, 0.3) is 0 Å². The van der Waals surface area contributed by atoms with Gasteiger partial charge in [-0.15, -0.1) is 0 Å². The summed E-state index contributed by atoms with van der Waals surface area (Å²) >= 11 is 0. The molecule has 0 aliphatic heterocycles. The van der Waals surface area contributed by atoms with E-state index in [1.165, 1.54) is 6.08 Å². The summed E-state index contributed by atoms with van der Waals surface area (Å²) in [6.45, 7) is 0. The normalized spacial score (nSPS) is 11.4. The van der Waals surface area contributed by atoms with Gasteiger partial charge in [-0.1, -0.05) is 18.2 Å². The first-order valence-electron chi connectivity index (χ1n) is 4.98. The fourth-order valence-corrected chi connectivity index (χ4v) is 1.43. The minimum absolute atomic E-state index is 0.220. The predicted octanol–water partition coefficient (Wildman–Crippen LogP) is 1.26. The van der Waals surface area contributed by atoms with Gasteiger partial charge in [-0.05, 0) is 24.3 Å². The lowest BCUT2D eigenvalue weighted by atomic mass is 10.3. The summed E-state index contributed by atoms with van der Waals surface area (Å²) in [5.41, 5.74) is 6.63. The topological polar surface area (TPSA) is 81.1 Å². The molecule has 0 saturated carbocycles. The zero-order valence-electron chi connectivity index (χ0n) is 8.95. The standard InChI is InChI=1S/C12H11N3O2/c13-11(12(16)17)8-10-6-7-14-15(10)9-4-2-1-3-5-9/h1-8H,13H2,(H,16,17)/b11-8+. The molecule has 0 amide bonds. The maximum atomic E-state index is 10.7. The van der Waals surface area contributed by atoms with Gasteiger partial charge in [0.2, 0.25) is 0 Å². The summed E-state index contributed by atoms with van der Waals surface area (Å²) in [4.78, 5) is 10.7. The van der Waals surface area contributed by atoms with Gasteiger partial charge >= 0.3 is 5.97 Å². The highest BCUT2D eigenvalue weighted by Crippen LogP contribution is 2.11. The summed E-state index contributed by atoms with van der Waals surface area (Å²) in [6, 6.07) is 11.1. The van der Waals surface area contributed by atoms with Gasteiger partial charge in [0.15, 0.2) is 0 Å². The number of rotatable bonds is 3. The average molecular weight is 229 g/mol. The molecule has 5 nitrogen and oxygen atoms in total. The Hall–Kier alpha value is -2.56. The van der Waals surface area contributed by atoms with Crippen molar-refractivity contribution in [1.29, 1.82) is 0 Å². The molecule has 17 heavy (non-hydrogen) atoms. The van der Waals surface area contributed by atoms with Crippen molar-refractivity contribution in [2.75, 3.05) is 0 Å². The monoisotopic (exact) mass is 229 g/mol. The van der Waals surface area contributed by atoms with Gasteiger partial charge in [-0.25, -0.2) is 9.48 Å². The fraction of sp³-hybridized carbons (Fsp3) is 0. The van der Waals surface area contributed by atoms with Crippen molar-refractivity contribution in [3.8, 4) is 5.69 Å². The first-order valence-corrected chi connectivity index (χ1v) is 4.98. The van der Waals surface area contributed by atoms with Crippen LogP contribution in [-0.4, -0.2) is 20.9 Å². The molecule has 0 unspecified atom stereocenters. The van der Waals surface area contributed by atoms with Crippen LogP contribution in [0.4, 0.5) is 0 Å². The molecular weight excluding hydrogens is 218 g/mol. The molecule has 1 aromatic carbocycles. The number of aliphatic carboxylic acids is 1. The van der Waals surface area contributed by atoms with Crippen LogP contribution >= 0.6 is 0 Å². The second-order valence-corrected chi connectivity index (χ2v) is 3.41. The highest BCUT2D eigenvalue weighted by atomic mass is 16.4. The van der Waals surface area contributed by atoms with Gasteiger partial charge in [-0.2, -0.15) is 5.10 Å². The van der Waals surface area contributed by atoms with Crippen LogP contribution in [0, 0.1) is 0 Å². The van der Waals surface area contributed by atoms with Crippen LogP contribution < -0.4 is 5.73 Å². The number of benzene rings is 1. The van der Waals surface area contributed by atoms with Crippen LogP contribution in [0.1, 0.15) is 5.69 Å². The number of nitrogens with two attached hydrogens (primary N) is 1. The van der Waals surface area contributed by atoms with Gasteiger partial charge in [0.1, 0.15) is 5.70 Å². The number of nitrogens with zero attached hydrogens (tertiary/aromatic N) is 2. The Morgan fingerprint density at radius 1 is 1.29 bits per heavy atom. The number of para-hydroxylation sites is 1. The van der Waals surface area contributed by atoms with Crippen LogP contribution in [0.3, 0.4) is 0 Å². The molecule has 0 fully saturated rings. The van der Waals surface area contributed by atoms with E-state index in [1.807, 2.05) is 30.3 Å². The van der Waals surface area contributed by atoms with E-state index in [-0.39, 0.29) is 5.70 Å². The second kappa shape index (κ2) is 4.52. The van der Waals surface area contributed by atoms with E-state index in [9.17, 15) is 4.79 Å². The third kappa shape index (κ3) is 2.34. The molecule has 86 valence electrons. The van der Waals surface area contributed by atoms with Crippen LogP contribution in [0.5, 0.6) is 0 Å². The number of aromatic nitrogens is 2. The summed E-state index contributed by atoms with van der Waals surface area (Å²) in [5.74, 6) is -1.15. The van der Waals surface area contributed by atoms with Crippen molar-refractivity contribution in [2.24, 2.45) is 5.73 Å².